The largest absolute Gasteiger partial charge is 0.395 e. The molecule has 0 spiro atoms. The van der Waals surface area contributed by atoms with Crippen molar-refractivity contribution in [3.8, 4) is 0 Å². The number of anilines is 1. The van der Waals surface area contributed by atoms with Crippen LogP contribution in [0, 0.1) is 0 Å². The monoisotopic (exact) mass is 170 g/mol. The van der Waals surface area contributed by atoms with E-state index >= 15 is 0 Å². The number of amides is 2. The second-order valence-electron chi connectivity index (χ2n) is 2.09. The zero-order valence-electron chi connectivity index (χ0n) is 6.37. The smallest absolute Gasteiger partial charge is 0.319 e. The Bertz CT molecular complexity index is 234. The molecule has 0 aliphatic carbocycles. The maximum atomic E-state index is 10.9. The molecule has 1 rings (SSSR count). The molecule has 1 aromatic rings. The van der Waals surface area contributed by atoms with Crippen molar-refractivity contribution in [1.29, 1.82) is 0 Å². The lowest BCUT2D eigenvalue weighted by Gasteiger charge is -2.02. The van der Waals surface area contributed by atoms with E-state index in [1.165, 1.54) is 6.20 Å². The number of nitrogens with one attached hydrogen (secondary N) is 3. The van der Waals surface area contributed by atoms with E-state index in [1.54, 1.807) is 6.20 Å². The molecule has 6 nitrogen and oxygen atoms in total. The Hall–Kier alpha value is -1.56. The highest BCUT2D eigenvalue weighted by Gasteiger charge is 1.99. The van der Waals surface area contributed by atoms with Crippen LogP contribution in [0.25, 0.3) is 0 Å². The van der Waals surface area contributed by atoms with E-state index in [0.29, 0.717) is 5.69 Å². The Labute approximate surface area is 69.0 Å². The molecular weight excluding hydrogens is 160 g/mol. The molecule has 0 aliphatic heterocycles. The van der Waals surface area contributed by atoms with E-state index in [1.807, 2.05) is 0 Å². The van der Waals surface area contributed by atoms with Gasteiger partial charge < -0.3 is 15.7 Å². The van der Waals surface area contributed by atoms with E-state index in [9.17, 15) is 4.79 Å². The van der Waals surface area contributed by atoms with Crippen molar-refractivity contribution in [3.63, 3.8) is 0 Å². The maximum absolute atomic E-state index is 10.9. The summed E-state index contributed by atoms with van der Waals surface area (Å²) in [5.41, 5.74) is 0.588. The fourth-order valence-electron chi connectivity index (χ4n) is 0.664. The molecule has 0 radical (unpaired) electrons. The van der Waals surface area contributed by atoms with Gasteiger partial charge >= 0.3 is 6.03 Å². The minimum Gasteiger partial charge on any atom is -0.395 e. The third-order valence-electron chi connectivity index (χ3n) is 1.15. The summed E-state index contributed by atoms with van der Waals surface area (Å²) < 4.78 is 0. The average Bonchev–Trinajstić information content (AvgIpc) is 2.53. The van der Waals surface area contributed by atoms with Crippen molar-refractivity contribution >= 4 is 11.7 Å². The van der Waals surface area contributed by atoms with Crippen LogP contribution in [-0.2, 0) is 0 Å². The zero-order chi connectivity index (χ0) is 8.81. The zero-order valence-corrected chi connectivity index (χ0v) is 6.37. The topological polar surface area (TPSA) is 90.0 Å². The van der Waals surface area contributed by atoms with Crippen LogP contribution >= 0.6 is 0 Å². The second-order valence-corrected chi connectivity index (χ2v) is 2.09. The summed E-state index contributed by atoms with van der Waals surface area (Å²) in [5.74, 6) is 0. The first-order valence-electron chi connectivity index (χ1n) is 3.47. The summed E-state index contributed by atoms with van der Waals surface area (Å²) in [6.07, 6.45) is 3.04. The number of H-pyrrole nitrogens is 1. The lowest BCUT2D eigenvalue weighted by atomic mass is 10.6. The van der Waals surface area contributed by atoms with Crippen LogP contribution in [0.2, 0.25) is 0 Å². The highest BCUT2D eigenvalue weighted by atomic mass is 16.3. The number of hydrogen-bond donors (Lipinski definition) is 4. The number of carbonyl (C=O) groups excluding carboxylic acids is 1. The predicted molar refractivity (Wildman–Crippen MR) is 42.7 cm³/mol. The summed E-state index contributed by atoms with van der Waals surface area (Å²) in [4.78, 5) is 10.9. The minimum absolute atomic E-state index is 0.0706. The normalized spacial score (nSPS) is 9.42. The molecule has 0 fully saturated rings. The fourth-order valence-corrected chi connectivity index (χ4v) is 0.664. The van der Waals surface area contributed by atoms with Gasteiger partial charge in [-0.15, -0.1) is 0 Å². The Morgan fingerprint density at radius 3 is 3.17 bits per heavy atom. The van der Waals surface area contributed by atoms with E-state index in [4.69, 9.17) is 5.11 Å². The number of carbonyl (C=O) groups is 1. The molecule has 12 heavy (non-hydrogen) atoms. The third-order valence-corrected chi connectivity index (χ3v) is 1.15. The molecule has 0 aromatic carbocycles. The summed E-state index contributed by atoms with van der Waals surface area (Å²) in [5, 5.41) is 19.5. The molecular formula is C6H10N4O2. The van der Waals surface area contributed by atoms with Crippen LogP contribution in [0.15, 0.2) is 12.4 Å². The van der Waals surface area contributed by atoms with Crippen LogP contribution < -0.4 is 10.6 Å². The lowest BCUT2D eigenvalue weighted by Crippen LogP contribution is -2.30. The van der Waals surface area contributed by atoms with Gasteiger partial charge in [-0.05, 0) is 0 Å². The van der Waals surface area contributed by atoms with E-state index in [2.05, 4.69) is 20.8 Å². The Kier molecular flexibility index (Phi) is 3.09. The summed E-state index contributed by atoms with van der Waals surface area (Å²) in [7, 11) is 0. The molecule has 2 amide bonds. The van der Waals surface area contributed by atoms with Gasteiger partial charge in [0.2, 0.25) is 0 Å². The fraction of sp³-hybridized carbons (Fsp3) is 0.333. The number of aliphatic hydroxyl groups excluding tert-OH is 1. The maximum Gasteiger partial charge on any atom is 0.319 e. The second kappa shape index (κ2) is 4.35. The first-order chi connectivity index (χ1) is 5.83. The molecule has 0 aliphatic rings. The molecule has 0 saturated heterocycles. The number of aromatic amines is 1. The van der Waals surface area contributed by atoms with Crippen LogP contribution in [-0.4, -0.2) is 34.5 Å². The third kappa shape index (κ3) is 2.59. The number of aromatic nitrogens is 2. The Morgan fingerprint density at radius 1 is 1.75 bits per heavy atom. The molecule has 0 bridgehead atoms. The van der Waals surface area contributed by atoms with Crippen molar-refractivity contribution in [2.45, 2.75) is 0 Å². The molecule has 1 aromatic heterocycles. The minimum atomic E-state index is -0.356. The van der Waals surface area contributed by atoms with Crippen LogP contribution in [0.4, 0.5) is 10.5 Å². The van der Waals surface area contributed by atoms with Crippen molar-refractivity contribution in [2.75, 3.05) is 18.5 Å². The van der Waals surface area contributed by atoms with Gasteiger partial charge in [-0.3, -0.25) is 5.10 Å². The quantitative estimate of drug-likeness (QED) is 0.494. The summed E-state index contributed by atoms with van der Waals surface area (Å²) in [6, 6.07) is -0.356. The van der Waals surface area contributed by atoms with Gasteiger partial charge in [0.25, 0.3) is 0 Å². The number of hydrogen-bond acceptors (Lipinski definition) is 3. The molecule has 0 saturated carbocycles. The van der Waals surface area contributed by atoms with Crippen molar-refractivity contribution < 1.29 is 9.90 Å². The highest BCUT2D eigenvalue weighted by molar-refractivity contribution is 5.88. The van der Waals surface area contributed by atoms with Gasteiger partial charge in [0.1, 0.15) is 0 Å². The van der Waals surface area contributed by atoms with E-state index in [0.717, 1.165) is 0 Å². The van der Waals surface area contributed by atoms with Gasteiger partial charge in [0, 0.05) is 12.7 Å². The summed E-state index contributed by atoms with van der Waals surface area (Å²) >= 11 is 0. The van der Waals surface area contributed by atoms with Crippen LogP contribution in [0.3, 0.4) is 0 Å². The van der Waals surface area contributed by atoms with Crippen LogP contribution in [0.5, 0.6) is 0 Å². The van der Waals surface area contributed by atoms with Gasteiger partial charge in [-0.2, -0.15) is 5.10 Å². The Morgan fingerprint density at radius 2 is 2.58 bits per heavy atom. The van der Waals surface area contributed by atoms with E-state index < -0.39 is 0 Å². The van der Waals surface area contributed by atoms with Gasteiger partial charge in [-0.1, -0.05) is 0 Å². The molecule has 0 unspecified atom stereocenters. The van der Waals surface area contributed by atoms with E-state index in [-0.39, 0.29) is 19.2 Å². The lowest BCUT2D eigenvalue weighted by molar-refractivity contribution is 0.245. The van der Waals surface area contributed by atoms with Gasteiger partial charge in [-0.25, -0.2) is 4.79 Å². The molecule has 4 N–H and O–H groups in total. The average molecular weight is 170 g/mol. The molecule has 0 atom stereocenters. The number of urea groups is 1. The van der Waals surface area contributed by atoms with Gasteiger partial charge in [0.15, 0.2) is 0 Å². The first-order valence-corrected chi connectivity index (χ1v) is 3.47. The van der Waals surface area contributed by atoms with Crippen molar-refractivity contribution in [2.24, 2.45) is 0 Å². The number of nitrogens with zero attached hydrogens (tertiary/aromatic N) is 1. The van der Waals surface area contributed by atoms with Gasteiger partial charge in [0.05, 0.1) is 18.5 Å². The summed E-state index contributed by atoms with van der Waals surface area (Å²) in [6.45, 7) is 0.169. The molecule has 66 valence electrons. The number of rotatable bonds is 3. The SMILES string of the molecule is O=C(NCCO)Nc1cn[nH]c1. The standard InChI is InChI=1S/C6H10N4O2/c11-2-1-7-6(12)10-5-3-8-9-4-5/h3-4,11H,1-2H2,(H,8,9)(H2,7,10,12). The van der Waals surface area contributed by atoms with Crippen LogP contribution in [0.1, 0.15) is 0 Å². The Balaban J connectivity index is 2.27. The first kappa shape index (κ1) is 8.54. The van der Waals surface area contributed by atoms with Crippen molar-refractivity contribution in [1.82, 2.24) is 15.5 Å². The molecule has 6 heteroatoms. The molecule has 1 heterocycles. The highest BCUT2D eigenvalue weighted by Crippen LogP contribution is 1.99. The number of aliphatic hydroxyl groups is 1. The van der Waals surface area contributed by atoms with Crippen molar-refractivity contribution in [3.05, 3.63) is 12.4 Å². The predicted octanol–water partition coefficient (Wildman–Crippen LogP) is -0.477.